The van der Waals surface area contributed by atoms with Crippen molar-refractivity contribution in [2.24, 2.45) is 0 Å². The fourth-order valence-corrected chi connectivity index (χ4v) is 8.71. The molecular formula is C50H34N4. The third kappa shape index (κ3) is 4.60. The van der Waals surface area contributed by atoms with Gasteiger partial charge < -0.3 is 4.57 Å². The van der Waals surface area contributed by atoms with E-state index < -0.39 is 0 Å². The fourth-order valence-electron chi connectivity index (χ4n) is 8.71. The number of rotatable bonds is 4. The SMILES string of the molecule is CC1(C)c2ccccc2-c2ccc(-c3nc(-c4ccccc4)nc(-c4cc(-n5c6ccccc6c6cc7ccccc7cc65)c5ccccc5c4)n3)cc21. The van der Waals surface area contributed by atoms with E-state index in [1.165, 1.54) is 49.3 Å². The Hall–Kier alpha value is -6.91. The highest BCUT2D eigenvalue weighted by Gasteiger charge is 2.35. The number of hydrogen-bond donors (Lipinski definition) is 0. The van der Waals surface area contributed by atoms with E-state index in [4.69, 9.17) is 15.0 Å². The molecule has 0 spiro atoms. The lowest BCUT2D eigenvalue weighted by Gasteiger charge is -2.21. The molecule has 4 nitrogen and oxygen atoms in total. The summed E-state index contributed by atoms with van der Waals surface area (Å²) >= 11 is 0. The maximum Gasteiger partial charge on any atom is 0.164 e. The lowest BCUT2D eigenvalue weighted by molar-refractivity contribution is 0.660. The van der Waals surface area contributed by atoms with E-state index in [1.807, 2.05) is 18.2 Å². The monoisotopic (exact) mass is 690 g/mol. The van der Waals surface area contributed by atoms with Gasteiger partial charge in [-0.3, -0.25) is 0 Å². The van der Waals surface area contributed by atoms with Crippen molar-refractivity contribution in [1.29, 1.82) is 0 Å². The maximum absolute atomic E-state index is 5.29. The number of nitrogens with zero attached hydrogens (tertiary/aromatic N) is 4. The van der Waals surface area contributed by atoms with E-state index in [-0.39, 0.29) is 5.41 Å². The highest BCUT2D eigenvalue weighted by Crippen LogP contribution is 2.49. The summed E-state index contributed by atoms with van der Waals surface area (Å²) < 4.78 is 2.42. The van der Waals surface area contributed by atoms with Gasteiger partial charge in [0.05, 0.1) is 16.7 Å². The topological polar surface area (TPSA) is 43.6 Å². The van der Waals surface area contributed by atoms with Crippen molar-refractivity contribution in [3.05, 3.63) is 181 Å². The zero-order valence-corrected chi connectivity index (χ0v) is 30.0. The Morgan fingerprint density at radius 3 is 1.81 bits per heavy atom. The number of para-hydroxylation sites is 1. The van der Waals surface area contributed by atoms with Crippen molar-refractivity contribution in [3.8, 4) is 51.0 Å². The van der Waals surface area contributed by atoms with Gasteiger partial charge in [-0.2, -0.15) is 0 Å². The molecule has 0 radical (unpaired) electrons. The van der Waals surface area contributed by atoms with Crippen molar-refractivity contribution in [3.63, 3.8) is 0 Å². The second-order valence-electron chi connectivity index (χ2n) is 14.9. The molecule has 0 atom stereocenters. The van der Waals surface area contributed by atoms with E-state index in [0.29, 0.717) is 17.5 Å². The number of benzene rings is 8. The van der Waals surface area contributed by atoms with Crippen molar-refractivity contribution in [2.45, 2.75) is 19.3 Å². The second-order valence-corrected chi connectivity index (χ2v) is 14.9. The largest absolute Gasteiger partial charge is 0.309 e. The normalized spacial score (nSPS) is 13.1. The van der Waals surface area contributed by atoms with Crippen LogP contribution in [0.5, 0.6) is 0 Å². The minimum Gasteiger partial charge on any atom is -0.309 e. The van der Waals surface area contributed by atoms with Crippen molar-refractivity contribution < 1.29 is 0 Å². The standard InChI is InChI=1S/C50H34N4/c1-50(2)42-22-12-10-20-38(42)39-25-24-35(28-43(39)50)48-51-47(31-14-4-3-5-15-31)52-49(53-48)36-26-34-18-8-9-19-37(34)45(30-36)54-44-23-13-11-21-40(44)41-27-32-16-6-7-17-33(32)29-46(41)54/h3-30H,1-2H3. The van der Waals surface area contributed by atoms with E-state index in [9.17, 15) is 0 Å². The van der Waals surface area contributed by atoms with Crippen LogP contribution in [0.4, 0.5) is 0 Å². The first-order valence-corrected chi connectivity index (χ1v) is 18.5. The lowest BCUT2D eigenvalue weighted by Crippen LogP contribution is -2.15. The first-order chi connectivity index (χ1) is 26.5. The molecule has 0 fully saturated rings. The van der Waals surface area contributed by atoms with Crippen LogP contribution in [0.25, 0.3) is 94.3 Å². The molecule has 1 aliphatic rings. The van der Waals surface area contributed by atoms with Crippen LogP contribution >= 0.6 is 0 Å². The zero-order chi connectivity index (χ0) is 36.0. The highest BCUT2D eigenvalue weighted by atomic mass is 15.0. The van der Waals surface area contributed by atoms with E-state index in [1.54, 1.807) is 0 Å². The molecule has 0 saturated carbocycles. The van der Waals surface area contributed by atoms with Gasteiger partial charge in [-0.1, -0.05) is 147 Å². The summed E-state index contributed by atoms with van der Waals surface area (Å²) in [7, 11) is 0. The summed E-state index contributed by atoms with van der Waals surface area (Å²) in [6.07, 6.45) is 0. The zero-order valence-electron chi connectivity index (χ0n) is 30.0. The molecule has 0 aliphatic heterocycles. The summed E-state index contributed by atoms with van der Waals surface area (Å²) in [5.41, 5.74) is 11.3. The van der Waals surface area contributed by atoms with Gasteiger partial charge in [0.1, 0.15) is 0 Å². The molecule has 0 bridgehead atoms. The Bertz CT molecular complexity index is 3140. The van der Waals surface area contributed by atoms with Gasteiger partial charge in [0.2, 0.25) is 0 Å². The predicted molar refractivity (Wildman–Crippen MR) is 223 cm³/mol. The molecular weight excluding hydrogens is 657 g/mol. The molecule has 0 saturated heterocycles. The van der Waals surface area contributed by atoms with Gasteiger partial charge >= 0.3 is 0 Å². The van der Waals surface area contributed by atoms with Gasteiger partial charge in [-0.25, -0.2) is 15.0 Å². The molecule has 1 aliphatic carbocycles. The minimum absolute atomic E-state index is 0.138. The third-order valence-corrected chi connectivity index (χ3v) is 11.4. The van der Waals surface area contributed by atoms with Crippen LogP contribution in [0.15, 0.2) is 170 Å². The number of hydrogen-bond acceptors (Lipinski definition) is 3. The molecule has 4 heteroatoms. The first-order valence-electron chi connectivity index (χ1n) is 18.5. The Kier molecular flexibility index (Phi) is 6.56. The van der Waals surface area contributed by atoms with Gasteiger partial charge in [0.15, 0.2) is 17.5 Å². The third-order valence-electron chi connectivity index (χ3n) is 11.4. The Morgan fingerprint density at radius 2 is 1.00 bits per heavy atom. The number of fused-ring (bicyclic) bond motifs is 8. The van der Waals surface area contributed by atoms with Gasteiger partial charge in [-0.15, -0.1) is 0 Å². The molecule has 2 heterocycles. The first kappa shape index (κ1) is 30.7. The summed E-state index contributed by atoms with van der Waals surface area (Å²) in [4.78, 5) is 15.6. The van der Waals surface area contributed by atoms with Crippen LogP contribution < -0.4 is 0 Å². The van der Waals surface area contributed by atoms with Crippen molar-refractivity contribution >= 4 is 43.4 Å². The molecule has 54 heavy (non-hydrogen) atoms. The molecule has 0 unspecified atom stereocenters. The second kappa shape index (κ2) is 11.5. The molecule has 8 aromatic carbocycles. The van der Waals surface area contributed by atoms with Gasteiger partial charge in [0.25, 0.3) is 0 Å². The van der Waals surface area contributed by atoms with Crippen molar-refractivity contribution in [1.82, 2.24) is 19.5 Å². The molecule has 0 amide bonds. The molecule has 11 rings (SSSR count). The molecule has 254 valence electrons. The summed E-state index contributed by atoms with van der Waals surface area (Å²) in [6.45, 7) is 4.62. The molecule has 10 aromatic rings. The van der Waals surface area contributed by atoms with E-state index in [0.717, 1.165) is 38.7 Å². The van der Waals surface area contributed by atoms with Gasteiger partial charge in [-0.05, 0) is 74.8 Å². The molecule has 0 N–H and O–H groups in total. The van der Waals surface area contributed by atoms with E-state index >= 15 is 0 Å². The van der Waals surface area contributed by atoms with Crippen LogP contribution in [0, 0.1) is 0 Å². The van der Waals surface area contributed by atoms with Gasteiger partial charge in [0, 0.05) is 38.3 Å². The minimum atomic E-state index is -0.138. The molecule has 2 aromatic heterocycles. The smallest absolute Gasteiger partial charge is 0.164 e. The van der Waals surface area contributed by atoms with Crippen LogP contribution in [0.1, 0.15) is 25.0 Å². The quantitative estimate of drug-likeness (QED) is 0.185. The maximum atomic E-state index is 5.29. The van der Waals surface area contributed by atoms with Crippen LogP contribution in [0.3, 0.4) is 0 Å². The number of aromatic nitrogens is 4. The Morgan fingerprint density at radius 1 is 0.389 bits per heavy atom. The summed E-state index contributed by atoms with van der Waals surface area (Å²) in [5, 5.41) is 7.19. The van der Waals surface area contributed by atoms with Crippen LogP contribution in [-0.2, 0) is 5.41 Å². The Labute approximate surface area is 313 Å². The lowest BCUT2D eigenvalue weighted by atomic mass is 9.82. The summed E-state index contributed by atoms with van der Waals surface area (Å²) in [6, 6.07) is 60.8. The van der Waals surface area contributed by atoms with Crippen molar-refractivity contribution in [2.75, 3.05) is 0 Å². The highest BCUT2D eigenvalue weighted by molar-refractivity contribution is 6.14. The van der Waals surface area contributed by atoms with Crippen LogP contribution in [-0.4, -0.2) is 19.5 Å². The average Bonchev–Trinajstić information content (AvgIpc) is 3.67. The summed E-state index contributed by atoms with van der Waals surface area (Å²) in [5.74, 6) is 1.95. The average molecular weight is 691 g/mol. The fraction of sp³-hybridized carbons (Fsp3) is 0.0600. The Balaban J connectivity index is 1.16. The van der Waals surface area contributed by atoms with E-state index in [2.05, 4.69) is 170 Å². The van der Waals surface area contributed by atoms with Crippen LogP contribution in [0.2, 0.25) is 0 Å². The predicted octanol–water partition coefficient (Wildman–Crippen LogP) is 12.6.